The molecule has 3 amide bonds. The normalized spacial score (nSPS) is 17.2. The van der Waals surface area contributed by atoms with Crippen LogP contribution in [0.1, 0.15) is 51.5 Å². The molecule has 1 aliphatic carbocycles. The van der Waals surface area contributed by atoms with Gasteiger partial charge >= 0.3 is 11.7 Å². The average molecular weight is 496 g/mol. The van der Waals surface area contributed by atoms with Crippen LogP contribution in [0.15, 0.2) is 41.3 Å². The summed E-state index contributed by atoms with van der Waals surface area (Å²) in [7, 11) is 0. The van der Waals surface area contributed by atoms with Crippen LogP contribution in [0.2, 0.25) is 0 Å². The maximum Gasteiger partial charge on any atom is 0.354 e. The van der Waals surface area contributed by atoms with E-state index in [1.54, 1.807) is 35.9 Å². The highest BCUT2D eigenvalue weighted by Crippen LogP contribution is 2.18. The monoisotopic (exact) mass is 495 g/mol. The summed E-state index contributed by atoms with van der Waals surface area (Å²) in [5.41, 5.74) is 6.38. The Hall–Kier alpha value is -3.24. The lowest BCUT2D eigenvalue weighted by atomic mass is 9.95. The molecule has 0 spiro atoms. The number of amides is 3. The van der Waals surface area contributed by atoms with E-state index in [2.05, 4.69) is 15.6 Å². The minimum Gasteiger partial charge on any atom is -0.338 e. The zero-order valence-corrected chi connectivity index (χ0v) is 21.2. The van der Waals surface area contributed by atoms with Crippen molar-refractivity contribution >= 4 is 17.8 Å². The van der Waals surface area contributed by atoms with Crippen LogP contribution in [0.5, 0.6) is 0 Å². The molecule has 0 bridgehead atoms. The van der Waals surface area contributed by atoms with Crippen molar-refractivity contribution in [3.63, 3.8) is 0 Å². The van der Waals surface area contributed by atoms with Gasteiger partial charge in [-0.25, -0.2) is 9.59 Å². The number of carbonyl (C=O) groups excluding carboxylic acids is 2. The largest absolute Gasteiger partial charge is 0.354 e. The van der Waals surface area contributed by atoms with Crippen LogP contribution < -0.4 is 22.1 Å². The number of nitrogens with one attached hydrogen (secondary N) is 2. The van der Waals surface area contributed by atoms with E-state index in [4.69, 9.17) is 5.73 Å². The summed E-state index contributed by atoms with van der Waals surface area (Å²) in [6.45, 7) is 5.75. The number of urea groups is 1. The fraction of sp³-hybridized carbons (Fsp3) is 0.538. The van der Waals surface area contributed by atoms with Crippen molar-refractivity contribution in [3.05, 3.63) is 52.6 Å². The third-order valence-electron chi connectivity index (χ3n) is 6.86. The second kappa shape index (κ2) is 11.2. The molecule has 1 aliphatic heterocycles. The maximum atomic E-state index is 12.7. The van der Waals surface area contributed by atoms with E-state index < -0.39 is 11.2 Å². The molecule has 2 heterocycles. The minimum atomic E-state index is -0.940. The molecule has 194 valence electrons. The number of piperazine rings is 1. The highest BCUT2D eigenvalue weighted by Gasteiger charge is 2.31. The SMILES string of the molecule is CC(C)(N)C(=O)N1CCN(C(=O)Nc2ccn(-c3ccc(CNC4CCCCC4)cc3)c(=O)n2)CC1. The molecular formula is C26H37N7O3. The van der Waals surface area contributed by atoms with Gasteiger partial charge in [-0.2, -0.15) is 4.98 Å². The maximum absolute atomic E-state index is 12.7. The van der Waals surface area contributed by atoms with Crippen LogP contribution in [0.3, 0.4) is 0 Å². The van der Waals surface area contributed by atoms with Crippen molar-refractivity contribution in [1.82, 2.24) is 24.7 Å². The Morgan fingerprint density at radius 3 is 2.25 bits per heavy atom. The van der Waals surface area contributed by atoms with Crippen molar-refractivity contribution in [1.29, 1.82) is 0 Å². The molecule has 10 nitrogen and oxygen atoms in total. The zero-order chi connectivity index (χ0) is 25.7. The first-order chi connectivity index (χ1) is 17.2. The van der Waals surface area contributed by atoms with Crippen LogP contribution in [0.25, 0.3) is 5.69 Å². The number of nitrogens with zero attached hydrogens (tertiary/aromatic N) is 4. The predicted octanol–water partition coefficient (Wildman–Crippen LogP) is 2.07. The molecule has 4 rings (SSSR count). The van der Waals surface area contributed by atoms with Gasteiger partial charge < -0.3 is 20.9 Å². The number of hydrogen-bond acceptors (Lipinski definition) is 6. The molecule has 1 aromatic heterocycles. The standard InChI is InChI=1S/C26H37N7O3/c1-26(2,27)23(34)31-14-16-32(17-15-31)24(35)29-22-12-13-33(25(36)30-22)21-10-8-19(9-11-21)18-28-20-6-4-3-5-7-20/h8-13,20,28H,3-7,14-18,27H2,1-2H3,(H,29,30,35,36). The molecule has 0 radical (unpaired) electrons. The molecule has 4 N–H and O–H groups in total. The Morgan fingerprint density at radius 2 is 1.64 bits per heavy atom. The summed E-state index contributed by atoms with van der Waals surface area (Å²) in [6.07, 6.45) is 8.03. The first-order valence-corrected chi connectivity index (χ1v) is 12.8. The Bertz CT molecular complexity index is 1110. The number of anilines is 1. The van der Waals surface area contributed by atoms with Crippen molar-refractivity contribution in [3.8, 4) is 5.69 Å². The number of hydrogen-bond donors (Lipinski definition) is 3. The van der Waals surface area contributed by atoms with Crippen LogP contribution in [0.4, 0.5) is 10.6 Å². The van der Waals surface area contributed by atoms with Gasteiger partial charge in [-0.3, -0.25) is 14.7 Å². The van der Waals surface area contributed by atoms with Crippen LogP contribution in [-0.2, 0) is 11.3 Å². The van der Waals surface area contributed by atoms with Gasteiger partial charge in [-0.15, -0.1) is 0 Å². The van der Waals surface area contributed by atoms with E-state index in [-0.39, 0.29) is 17.8 Å². The number of aromatic nitrogens is 2. The molecule has 36 heavy (non-hydrogen) atoms. The lowest BCUT2D eigenvalue weighted by Crippen LogP contribution is -2.58. The van der Waals surface area contributed by atoms with Crippen LogP contribution >= 0.6 is 0 Å². The molecule has 1 saturated heterocycles. The topological polar surface area (TPSA) is 126 Å². The molecule has 1 aromatic carbocycles. The fourth-order valence-corrected chi connectivity index (χ4v) is 4.72. The van der Waals surface area contributed by atoms with Gasteiger partial charge in [-0.05, 0) is 50.5 Å². The number of nitrogens with two attached hydrogens (primary N) is 1. The second-order valence-corrected chi connectivity index (χ2v) is 10.3. The molecule has 0 atom stereocenters. The lowest BCUT2D eigenvalue weighted by molar-refractivity contribution is -0.137. The highest BCUT2D eigenvalue weighted by molar-refractivity contribution is 5.89. The lowest BCUT2D eigenvalue weighted by Gasteiger charge is -2.37. The number of carbonyl (C=O) groups is 2. The third kappa shape index (κ3) is 6.50. The van der Waals surface area contributed by atoms with Gasteiger partial charge in [0.05, 0.1) is 11.2 Å². The quantitative estimate of drug-likeness (QED) is 0.563. The predicted molar refractivity (Wildman–Crippen MR) is 139 cm³/mol. The number of rotatable bonds is 6. The second-order valence-electron chi connectivity index (χ2n) is 10.3. The van der Waals surface area contributed by atoms with Gasteiger partial charge in [0, 0.05) is 45.0 Å². The summed E-state index contributed by atoms with van der Waals surface area (Å²) >= 11 is 0. The Morgan fingerprint density at radius 1 is 1.00 bits per heavy atom. The molecule has 2 aromatic rings. The zero-order valence-electron chi connectivity index (χ0n) is 21.2. The summed E-state index contributed by atoms with van der Waals surface area (Å²) in [4.78, 5) is 44.9. The van der Waals surface area contributed by atoms with Crippen molar-refractivity contribution < 1.29 is 9.59 Å². The van der Waals surface area contributed by atoms with Crippen LogP contribution in [-0.4, -0.2) is 69.0 Å². The minimum absolute atomic E-state index is 0.138. The smallest absolute Gasteiger partial charge is 0.338 e. The molecule has 1 saturated carbocycles. The van der Waals surface area contributed by atoms with E-state index in [9.17, 15) is 14.4 Å². The van der Waals surface area contributed by atoms with Crippen molar-refractivity contribution in [2.75, 3.05) is 31.5 Å². The van der Waals surface area contributed by atoms with Gasteiger partial charge in [0.2, 0.25) is 5.91 Å². The fourth-order valence-electron chi connectivity index (χ4n) is 4.72. The van der Waals surface area contributed by atoms with E-state index in [0.29, 0.717) is 32.2 Å². The Kier molecular flexibility index (Phi) is 8.05. The van der Waals surface area contributed by atoms with Gasteiger partial charge in [0.25, 0.3) is 0 Å². The average Bonchev–Trinajstić information content (AvgIpc) is 2.88. The Balaban J connectivity index is 1.30. The first-order valence-electron chi connectivity index (χ1n) is 12.8. The van der Waals surface area contributed by atoms with E-state index >= 15 is 0 Å². The third-order valence-corrected chi connectivity index (χ3v) is 6.86. The summed E-state index contributed by atoms with van der Waals surface area (Å²) < 4.78 is 1.45. The summed E-state index contributed by atoms with van der Waals surface area (Å²) in [5, 5.41) is 6.31. The van der Waals surface area contributed by atoms with E-state index in [1.165, 1.54) is 42.2 Å². The van der Waals surface area contributed by atoms with Gasteiger partial charge in [-0.1, -0.05) is 31.4 Å². The summed E-state index contributed by atoms with van der Waals surface area (Å²) in [6, 6.07) is 9.69. The first kappa shape index (κ1) is 25.8. The van der Waals surface area contributed by atoms with E-state index in [1.807, 2.05) is 24.3 Å². The molecule has 2 fully saturated rings. The molecule has 2 aliphatic rings. The molecule has 0 unspecified atom stereocenters. The number of benzene rings is 1. The van der Waals surface area contributed by atoms with Gasteiger partial charge in [0.1, 0.15) is 5.82 Å². The van der Waals surface area contributed by atoms with E-state index in [0.717, 1.165) is 12.2 Å². The highest BCUT2D eigenvalue weighted by atomic mass is 16.2. The van der Waals surface area contributed by atoms with Crippen molar-refractivity contribution in [2.24, 2.45) is 5.73 Å². The Labute approximate surface area is 211 Å². The van der Waals surface area contributed by atoms with Crippen molar-refractivity contribution in [2.45, 2.75) is 64.1 Å². The summed E-state index contributed by atoms with van der Waals surface area (Å²) in [5.74, 6) is 0.0532. The molecular weight excluding hydrogens is 458 g/mol. The molecule has 10 heteroatoms. The van der Waals surface area contributed by atoms with Crippen LogP contribution in [0, 0.1) is 0 Å². The van der Waals surface area contributed by atoms with Gasteiger partial charge in [0.15, 0.2) is 0 Å².